The monoisotopic (exact) mass is 384 g/mol. The topological polar surface area (TPSA) is 66.9 Å². The number of aromatic nitrogens is 2. The van der Waals surface area contributed by atoms with Crippen LogP contribution in [-0.2, 0) is 11.2 Å². The first-order valence-electron chi connectivity index (χ1n) is 8.05. The maximum atomic E-state index is 12.0. The predicted octanol–water partition coefficient (Wildman–Crippen LogP) is 4.50. The van der Waals surface area contributed by atoms with Crippen molar-refractivity contribution < 1.29 is 4.79 Å². The summed E-state index contributed by atoms with van der Waals surface area (Å²) in [6.45, 7) is 0.749. The molecule has 7 heteroatoms. The largest absolute Gasteiger partial charge is 0.360 e. The lowest BCUT2D eigenvalue weighted by molar-refractivity contribution is -0.111. The quantitative estimate of drug-likeness (QED) is 0.588. The molecule has 0 unspecified atom stereocenters. The van der Waals surface area contributed by atoms with Crippen molar-refractivity contribution in [2.24, 2.45) is 0 Å². The van der Waals surface area contributed by atoms with E-state index in [1.165, 1.54) is 23.0 Å². The number of nitrogens with zero attached hydrogens (tertiary/aromatic N) is 2. The molecule has 0 saturated heterocycles. The maximum Gasteiger partial charge on any atom is 0.250 e. The van der Waals surface area contributed by atoms with E-state index in [2.05, 4.69) is 33.0 Å². The molecule has 26 heavy (non-hydrogen) atoms. The molecule has 2 aromatic carbocycles. The number of hydrogen-bond acceptors (Lipinski definition) is 5. The van der Waals surface area contributed by atoms with Gasteiger partial charge in [0.2, 0.25) is 16.2 Å². The number of carbonyl (C=O) groups excluding carboxylic acids is 1. The lowest BCUT2D eigenvalue weighted by atomic mass is 10.2. The van der Waals surface area contributed by atoms with Crippen molar-refractivity contribution in [1.82, 2.24) is 10.2 Å². The molecule has 3 aromatic rings. The molecule has 0 radical (unpaired) electrons. The Bertz CT molecular complexity index is 895. The first kappa shape index (κ1) is 18.1. The van der Waals surface area contributed by atoms with Gasteiger partial charge in [-0.3, -0.25) is 10.1 Å². The minimum atomic E-state index is -0.281. The Morgan fingerprint density at radius 1 is 1.04 bits per heavy atom. The second kappa shape index (κ2) is 9.12. The number of nitrogens with one attached hydrogen (secondary N) is 2. The Morgan fingerprint density at radius 3 is 2.58 bits per heavy atom. The van der Waals surface area contributed by atoms with Gasteiger partial charge in [0.1, 0.15) is 0 Å². The van der Waals surface area contributed by atoms with E-state index in [0.29, 0.717) is 15.3 Å². The summed E-state index contributed by atoms with van der Waals surface area (Å²) in [7, 11) is 0. The van der Waals surface area contributed by atoms with Crippen LogP contribution in [0.3, 0.4) is 0 Å². The molecule has 0 aliphatic rings. The van der Waals surface area contributed by atoms with Crippen LogP contribution in [0.15, 0.2) is 60.7 Å². The van der Waals surface area contributed by atoms with E-state index >= 15 is 0 Å². The molecule has 1 heterocycles. The van der Waals surface area contributed by atoms with Crippen molar-refractivity contribution in [2.45, 2.75) is 6.42 Å². The van der Waals surface area contributed by atoms with Gasteiger partial charge in [0, 0.05) is 17.6 Å². The van der Waals surface area contributed by atoms with Gasteiger partial charge in [-0.1, -0.05) is 71.5 Å². The molecule has 0 atom stereocenters. The average Bonchev–Trinajstić information content (AvgIpc) is 3.09. The van der Waals surface area contributed by atoms with Crippen LogP contribution in [0.1, 0.15) is 11.1 Å². The minimum absolute atomic E-state index is 0.281. The molecule has 0 saturated carbocycles. The summed E-state index contributed by atoms with van der Waals surface area (Å²) in [5, 5.41) is 15.6. The van der Waals surface area contributed by atoms with Crippen LogP contribution in [0.4, 0.5) is 10.3 Å². The molecular formula is C19H17ClN4OS. The van der Waals surface area contributed by atoms with Crippen LogP contribution in [-0.4, -0.2) is 22.6 Å². The number of halogens is 1. The number of benzene rings is 2. The molecule has 1 amide bonds. The zero-order valence-corrected chi connectivity index (χ0v) is 15.4. The normalized spacial score (nSPS) is 10.8. The van der Waals surface area contributed by atoms with Crippen LogP contribution in [0.25, 0.3) is 6.08 Å². The number of carbonyl (C=O) groups is 1. The lowest BCUT2D eigenvalue weighted by Crippen LogP contribution is -2.07. The fourth-order valence-electron chi connectivity index (χ4n) is 2.23. The fraction of sp³-hybridized carbons (Fsp3) is 0.105. The summed E-state index contributed by atoms with van der Waals surface area (Å²) >= 11 is 7.35. The maximum absolute atomic E-state index is 12.0. The van der Waals surface area contributed by atoms with Gasteiger partial charge >= 0.3 is 0 Å². The van der Waals surface area contributed by atoms with Crippen molar-refractivity contribution in [3.8, 4) is 0 Å². The third-order valence-corrected chi connectivity index (χ3v) is 4.65. The number of rotatable bonds is 7. The number of anilines is 2. The van der Waals surface area contributed by atoms with E-state index in [-0.39, 0.29) is 5.91 Å². The second-order valence-electron chi connectivity index (χ2n) is 5.42. The Labute approximate surface area is 160 Å². The van der Waals surface area contributed by atoms with E-state index in [1.807, 2.05) is 36.4 Å². The lowest BCUT2D eigenvalue weighted by Gasteiger charge is -2.01. The molecule has 0 aliphatic heterocycles. The van der Waals surface area contributed by atoms with Gasteiger partial charge < -0.3 is 5.32 Å². The average molecular weight is 385 g/mol. The fourth-order valence-corrected chi connectivity index (χ4v) is 3.10. The van der Waals surface area contributed by atoms with E-state index < -0.39 is 0 Å². The Balaban J connectivity index is 1.48. The third kappa shape index (κ3) is 5.40. The second-order valence-corrected chi connectivity index (χ2v) is 6.80. The van der Waals surface area contributed by atoms with Crippen molar-refractivity contribution in [1.29, 1.82) is 0 Å². The van der Waals surface area contributed by atoms with Crippen molar-refractivity contribution in [3.63, 3.8) is 0 Å². The standard InChI is InChI=1S/C19H17ClN4OS/c20-16-9-5-4-8-15(16)10-11-17(25)22-19-24-23-18(26-19)21-13-12-14-6-2-1-3-7-14/h1-11H,12-13H2,(H,21,23)(H,22,24,25). The predicted molar refractivity (Wildman–Crippen MR) is 108 cm³/mol. The molecule has 5 nitrogen and oxygen atoms in total. The summed E-state index contributed by atoms with van der Waals surface area (Å²) in [4.78, 5) is 12.0. The van der Waals surface area contributed by atoms with Crippen LogP contribution in [0.2, 0.25) is 5.02 Å². The minimum Gasteiger partial charge on any atom is -0.360 e. The first-order valence-corrected chi connectivity index (χ1v) is 9.25. The van der Waals surface area contributed by atoms with E-state index in [9.17, 15) is 4.79 Å². The van der Waals surface area contributed by atoms with Gasteiger partial charge in [-0.2, -0.15) is 0 Å². The molecule has 132 valence electrons. The highest BCUT2D eigenvalue weighted by Gasteiger charge is 2.06. The van der Waals surface area contributed by atoms with E-state index in [1.54, 1.807) is 12.1 Å². The highest BCUT2D eigenvalue weighted by molar-refractivity contribution is 7.19. The molecule has 2 N–H and O–H groups in total. The zero-order chi connectivity index (χ0) is 18.2. The van der Waals surface area contributed by atoms with Crippen LogP contribution >= 0.6 is 22.9 Å². The van der Waals surface area contributed by atoms with E-state index in [0.717, 1.165) is 18.5 Å². The molecular weight excluding hydrogens is 368 g/mol. The SMILES string of the molecule is O=C(C=Cc1ccccc1Cl)Nc1nnc(NCCc2ccccc2)s1. The van der Waals surface area contributed by atoms with Crippen LogP contribution in [0.5, 0.6) is 0 Å². The Hall–Kier alpha value is -2.70. The smallest absolute Gasteiger partial charge is 0.250 e. The Morgan fingerprint density at radius 2 is 1.77 bits per heavy atom. The number of amides is 1. The van der Waals surface area contributed by atoms with Gasteiger partial charge in [-0.05, 0) is 29.7 Å². The highest BCUT2D eigenvalue weighted by atomic mass is 35.5. The summed E-state index contributed by atoms with van der Waals surface area (Å²) in [6.07, 6.45) is 3.98. The van der Waals surface area contributed by atoms with Crippen molar-refractivity contribution in [2.75, 3.05) is 17.2 Å². The number of hydrogen-bond donors (Lipinski definition) is 2. The highest BCUT2D eigenvalue weighted by Crippen LogP contribution is 2.20. The van der Waals surface area contributed by atoms with E-state index in [4.69, 9.17) is 11.6 Å². The zero-order valence-electron chi connectivity index (χ0n) is 13.9. The van der Waals surface area contributed by atoms with Crippen LogP contribution in [0, 0.1) is 0 Å². The summed E-state index contributed by atoms with van der Waals surface area (Å²) < 4.78 is 0. The third-order valence-electron chi connectivity index (χ3n) is 3.51. The van der Waals surface area contributed by atoms with Gasteiger partial charge in [0.25, 0.3) is 0 Å². The molecule has 0 bridgehead atoms. The molecule has 3 rings (SSSR count). The summed E-state index contributed by atoms with van der Waals surface area (Å²) in [5.41, 5.74) is 2.03. The first-order chi connectivity index (χ1) is 12.7. The van der Waals surface area contributed by atoms with Crippen molar-refractivity contribution >= 4 is 45.2 Å². The van der Waals surface area contributed by atoms with Gasteiger partial charge in [-0.25, -0.2) is 0 Å². The molecule has 1 aromatic heterocycles. The van der Waals surface area contributed by atoms with Gasteiger partial charge in [0.05, 0.1) is 0 Å². The summed E-state index contributed by atoms with van der Waals surface area (Å²) in [5.74, 6) is -0.281. The van der Waals surface area contributed by atoms with Crippen molar-refractivity contribution in [3.05, 3.63) is 76.8 Å². The van der Waals surface area contributed by atoms with Gasteiger partial charge in [-0.15, -0.1) is 10.2 Å². The molecule has 0 fully saturated rings. The molecule has 0 aliphatic carbocycles. The summed E-state index contributed by atoms with van der Waals surface area (Å²) in [6, 6.07) is 17.5. The molecule has 0 spiro atoms. The van der Waals surface area contributed by atoms with Gasteiger partial charge in [0.15, 0.2) is 0 Å². The Kier molecular flexibility index (Phi) is 6.35. The van der Waals surface area contributed by atoms with Crippen LogP contribution < -0.4 is 10.6 Å².